The van der Waals surface area contributed by atoms with E-state index in [1.54, 1.807) is 30.7 Å². The van der Waals surface area contributed by atoms with Crippen LogP contribution in [0.3, 0.4) is 0 Å². The topological polar surface area (TPSA) is 62.7 Å². The monoisotopic (exact) mass is 516 g/mol. The molecule has 0 saturated carbocycles. The summed E-state index contributed by atoms with van der Waals surface area (Å²) >= 11 is 3.64. The highest BCUT2D eigenvalue weighted by Gasteiger charge is 2.30. The molecule has 1 aliphatic rings. The number of thiophene rings is 1. The molecule has 1 aromatic carbocycles. The number of aromatic nitrogens is 1. The average molecular weight is 517 g/mol. The summed E-state index contributed by atoms with van der Waals surface area (Å²) in [6, 6.07) is 11.5. The fraction of sp³-hybridized carbons (Fsp3) is 0.481. The SMILES string of the molecule is COc1ccc2nccc(C(F)CC[C@@H]3CCN(CCSc4cccs4)C[C@@H]3CCC(=O)O)c2c1. The lowest BCUT2D eigenvalue weighted by molar-refractivity contribution is -0.137. The summed E-state index contributed by atoms with van der Waals surface area (Å²) in [7, 11) is 1.61. The van der Waals surface area contributed by atoms with Gasteiger partial charge in [0.2, 0.25) is 0 Å². The van der Waals surface area contributed by atoms with Gasteiger partial charge in [-0.25, -0.2) is 4.39 Å². The van der Waals surface area contributed by atoms with Gasteiger partial charge in [-0.1, -0.05) is 6.07 Å². The first-order valence-electron chi connectivity index (χ1n) is 12.2. The predicted octanol–water partition coefficient (Wildman–Crippen LogP) is 6.69. The van der Waals surface area contributed by atoms with Gasteiger partial charge in [-0.05, 0) is 85.3 Å². The second-order valence-electron chi connectivity index (χ2n) is 9.15. The van der Waals surface area contributed by atoms with E-state index in [0.717, 1.165) is 49.1 Å². The highest BCUT2D eigenvalue weighted by molar-refractivity contribution is 8.01. The van der Waals surface area contributed by atoms with E-state index in [0.29, 0.717) is 30.1 Å². The number of piperidine rings is 1. The van der Waals surface area contributed by atoms with Crippen molar-refractivity contribution in [2.75, 3.05) is 32.5 Å². The Morgan fingerprint density at radius 1 is 1.31 bits per heavy atom. The molecule has 0 radical (unpaired) electrons. The van der Waals surface area contributed by atoms with Crippen molar-refractivity contribution in [3.8, 4) is 5.75 Å². The Morgan fingerprint density at radius 3 is 2.97 bits per heavy atom. The van der Waals surface area contributed by atoms with Crippen LogP contribution in [-0.2, 0) is 4.79 Å². The van der Waals surface area contributed by atoms with Crippen LogP contribution >= 0.6 is 23.1 Å². The zero-order valence-electron chi connectivity index (χ0n) is 20.1. The van der Waals surface area contributed by atoms with E-state index >= 15 is 4.39 Å². The molecular formula is C27H33FN2O3S2. The van der Waals surface area contributed by atoms with Gasteiger partial charge in [0.15, 0.2) is 0 Å². The second kappa shape index (κ2) is 12.7. The van der Waals surface area contributed by atoms with E-state index in [9.17, 15) is 9.90 Å². The first-order valence-corrected chi connectivity index (χ1v) is 14.1. The molecule has 0 bridgehead atoms. The summed E-state index contributed by atoms with van der Waals surface area (Å²) in [5.74, 6) is 1.60. The third-order valence-corrected chi connectivity index (χ3v) is 9.07. The van der Waals surface area contributed by atoms with Crippen LogP contribution in [-0.4, -0.2) is 53.5 Å². The van der Waals surface area contributed by atoms with Gasteiger partial charge in [-0.3, -0.25) is 9.78 Å². The van der Waals surface area contributed by atoms with Crippen LogP contribution in [0.4, 0.5) is 4.39 Å². The molecule has 3 heterocycles. The smallest absolute Gasteiger partial charge is 0.303 e. The summed E-state index contributed by atoms with van der Waals surface area (Å²) in [6.07, 6.45) is 3.58. The number of methoxy groups -OCH3 is 1. The Kier molecular flexibility index (Phi) is 9.40. The standard InChI is InChI=1S/C27H33FN2O3S2/c1-33-21-6-8-25-23(17-21)22(10-12-29-25)24(28)7-4-19-11-13-30(18-20(19)5-9-26(31)32)14-16-35-27-3-2-15-34-27/h2-3,6,8,10,12,15,17,19-20,24H,4-5,7,9,11,13-14,16,18H2,1H3,(H,31,32)/t19-,20+,24?/m1/s1. The lowest BCUT2D eigenvalue weighted by Crippen LogP contribution is -2.41. The number of hydrogen-bond acceptors (Lipinski definition) is 6. The molecule has 1 aliphatic heterocycles. The maximum Gasteiger partial charge on any atom is 0.303 e. The average Bonchev–Trinajstić information content (AvgIpc) is 3.39. The van der Waals surface area contributed by atoms with Gasteiger partial charge < -0.3 is 14.7 Å². The number of hydrogen-bond donors (Lipinski definition) is 1. The number of ether oxygens (including phenoxy) is 1. The minimum Gasteiger partial charge on any atom is -0.497 e. The van der Waals surface area contributed by atoms with E-state index in [1.807, 2.05) is 30.0 Å². The van der Waals surface area contributed by atoms with Gasteiger partial charge in [0.05, 0.1) is 16.8 Å². The minimum atomic E-state index is -1.09. The highest BCUT2D eigenvalue weighted by Crippen LogP contribution is 2.37. The number of benzene rings is 1. The lowest BCUT2D eigenvalue weighted by Gasteiger charge is -2.39. The number of fused-ring (bicyclic) bond motifs is 1. The first-order chi connectivity index (χ1) is 17.0. The van der Waals surface area contributed by atoms with Crippen LogP contribution in [0.1, 0.15) is 43.8 Å². The molecule has 3 aromatic rings. The van der Waals surface area contributed by atoms with Crippen LogP contribution < -0.4 is 4.74 Å². The number of carbonyl (C=O) groups is 1. The Bertz CT molecular complexity index is 1100. The van der Waals surface area contributed by atoms with Crippen molar-refractivity contribution in [2.45, 2.75) is 42.5 Å². The van der Waals surface area contributed by atoms with Gasteiger partial charge in [-0.2, -0.15) is 0 Å². The van der Waals surface area contributed by atoms with Crippen LogP contribution in [0, 0.1) is 11.8 Å². The zero-order chi connectivity index (χ0) is 24.6. The number of aliphatic carboxylic acids is 1. The first kappa shape index (κ1) is 25.9. The number of nitrogens with zero attached hydrogens (tertiary/aromatic N) is 2. The van der Waals surface area contributed by atoms with Crippen molar-refractivity contribution in [3.63, 3.8) is 0 Å². The molecule has 1 saturated heterocycles. The van der Waals surface area contributed by atoms with Gasteiger partial charge in [0.1, 0.15) is 11.9 Å². The Balaban J connectivity index is 1.36. The Hall–Kier alpha value is -2.16. The molecule has 1 N–H and O–H groups in total. The number of carboxylic acids is 1. The van der Waals surface area contributed by atoms with E-state index in [1.165, 1.54) is 4.21 Å². The summed E-state index contributed by atoms with van der Waals surface area (Å²) in [6.45, 7) is 2.89. The van der Waals surface area contributed by atoms with Crippen LogP contribution in [0.25, 0.3) is 10.9 Å². The second-order valence-corrected chi connectivity index (χ2v) is 11.5. The van der Waals surface area contributed by atoms with E-state index < -0.39 is 12.1 Å². The molecule has 1 unspecified atom stereocenters. The van der Waals surface area contributed by atoms with Crippen molar-refractivity contribution < 1.29 is 19.0 Å². The number of carboxylic acid groups (broad SMARTS) is 1. The maximum absolute atomic E-state index is 15.5. The largest absolute Gasteiger partial charge is 0.497 e. The molecule has 3 atom stereocenters. The van der Waals surface area contributed by atoms with Gasteiger partial charge in [0, 0.05) is 36.8 Å². The summed E-state index contributed by atoms with van der Waals surface area (Å²) in [4.78, 5) is 18.1. The number of thioether (sulfide) groups is 1. The van der Waals surface area contributed by atoms with Crippen molar-refractivity contribution in [2.24, 2.45) is 11.8 Å². The molecule has 4 rings (SSSR count). The van der Waals surface area contributed by atoms with E-state index in [4.69, 9.17) is 4.74 Å². The molecule has 1 fully saturated rings. The predicted molar refractivity (Wildman–Crippen MR) is 141 cm³/mol. The third-order valence-electron chi connectivity index (χ3n) is 6.96. The number of likely N-dealkylation sites (tertiary alicyclic amines) is 1. The van der Waals surface area contributed by atoms with E-state index in [-0.39, 0.29) is 12.3 Å². The maximum atomic E-state index is 15.5. The Morgan fingerprint density at radius 2 is 2.20 bits per heavy atom. The summed E-state index contributed by atoms with van der Waals surface area (Å²) in [5.41, 5.74) is 1.41. The van der Waals surface area contributed by atoms with Crippen molar-refractivity contribution in [1.82, 2.24) is 9.88 Å². The Labute approximate surface area is 214 Å². The van der Waals surface area contributed by atoms with Crippen molar-refractivity contribution >= 4 is 40.0 Å². The normalized spacial score (nSPS) is 19.6. The van der Waals surface area contributed by atoms with E-state index in [2.05, 4.69) is 27.4 Å². The molecule has 2 aromatic heterocycles. The summed E-state index contributed by atoms with van der Waals surface area (Å²) in [5, 5.41) is 12.1. The molecule has 5 nitrogen and oxygen atoms in total. The number of rotatable bonds is 12. The zero-order valence-corrected chi connectivity index (χ0v) is 21.7. The van der Waals surface area contributed by atoms with Gasteiger partial charge in [0.25, 0.3) is 0 Å². The quantitative estimate of drug-likeness (QED) is 0.271. The van der Waals surface area contributed by atoms with Gasteiger partial charge in [-0.15, -0.1) is 23.1 Å². The van der Waals surface area contributed by atoms with Crippen LogP contribution in [0.5, 0.6) is 5.75 Å². The minimum absolute atomic E-state index is 0.173. The number of alkyl halides is 1. The molecule has 35 heavy (non-hydrogen) atoms. The molecule has 188 valence electrons. The third kappa shape index (κ3) is 7.18. The van der Waals surface area contributed by atoms with Crippen molar-refractivity contribution in [1.29, 1.82) is 0 Å². The molecule has 8 heteroatoms. The molecule has 0 aliphatic carbocycles. The number of halogens is 1. The fourth-order valence-electron chi connectivity index (χ4n) is 5.06. The van der Waals surface area contributed by atoms with Crippen LogP contribution in [0.15, 0.2) is 52.2 Å². The molecular weight excluding hydrogens is 483 g/mol. The molecule has 0 spiro atoms. The molecule has 0 amide bonds. The highest BCUT2D eigenvalue weighted by atomic mass is 32.2. The van der Waals surface area contributed by atoms with Crippen LogP contribution in [0.2, 0.25) is 0 Å². The summed E-state index contributed by atoms with van der Waals surface area (Å²) < 4.78 is 22.2. The fourth-order valence-corrected chi connectivity index (χ4v) is 6.92. The number of pyridine rings is 1. The van der Waals surface area contributed by atoms with Gasteiger partial charge >= 0.3 is 5.97 Å². The van der Waals surface area contributed by atoms with Crippen molar-refractivity contribution in [3.05, 3.63) is 53.5 Å². The lowest BCUT2D eigenvalue weighted by atomic mass is 9.79.